The Labute approximate surface area is 109 Å². The molecule has 3 heteroatoms. The first-order chi connectivity index (χ1) is 8.75. The molecule has 2 fully saturated rings. The molecule has 1 aliphatic heterocycles. The summed E-state index contributed by atoms with van der Waals surface area (Å²) < 4.78 is 0. The van der Waals surface area contributed by atoms with Gasteiger partial charge in [0.25, 0.3) is 0 Å². The van der Waals surface area contributed by atoms with Gasteiger partial charge in [0.05, 0.1) is 17.6 Å². The van der Waals surface area contributed by atoms with E-state index >= 15 is 0 Å². The van der Waals surface area contributed by atoms with Gasteiger partial charge in [-0.15, -0.1) is 0 Å². The van der Waals surface area contributed by atoms with Crippen LogP contribution in [0.4, 0.5) is 5.69 Å². The second-order valence-corrected chi connectivity index (χ2v) is 5.82. The van der Waals surface area contributed by atoms with E-state index in [1.807, 2.05) is 13.1 Å². The lowest BCUT2D eigenvalue weighted by Gasteiger charge is -2.33. The third-order valence-electron chi connectivity index (χ3n) is 4.58. The lowest BCUT2D eigenvalue weighted by atomic mass is 9.85. The Balaban J connectivity index is 1.78. The first-order valence-corrected chi connectivity index (χ1v) is 7.24. The van der Waals surface area contributed by atoms with Crippen molar-refractivity contribution in [2.45, 2.75) is 51.1 Å². The average molecular weight is 245 g/mol. The van der Waals surface area contributed by atoms with Crippen molar-refractivity contribution in [3.8, 4) is 0 Å². The molecular weight excluding hydrogens is 222 g/mol. The summed E-state index contributed by atoms with van der Waals surface area (Å²) in [5, 5.41) is 0. The molecule has 2 N–H and O–H groups in total. The molecule has 2 aliphatic rings. The van der Waals surface area contributed by atoms with E-state index < -0.39 is 0 Å². The summed E-state index contributed by atoms with van der Waals surface area (Å²) in [5.41, 5.74) is 8.12. The van der Waals surface area contributed by atoms with E-state index in [4.69, 9.17) is 5.73 Å². The maximum absolute atomic E-state index is 5.85. The van der Waals surface area contributed by atoms with E-state index in [2.05, 4.69) is 22.0 Å². The van der Waals surface area contributed by atoms with Crippen molar-refractivity contribution in [3.63, 3.8) is 0 Å². The van der Waals surface area contributed by atoms with Gasteiger partial charge in [-0.2, -0.15) is 0 Å². The molecule has 1 aromatic rings. The Morgan fingerprint density at radius 1 is 1.28 bits per heavy atom. The fourth-order valence-corrected chi connectivity index (χ4v) is 3.56. The van der Waals surface area contributed by atoms with Gasteiger partial charge in [0.2, 0.25) is 0 Å². The quantitative estimate of drug-likeness (QED) is 0.871. The summed E-state index contributed by atoms with van der Waals surface area (Å²) in [7, 11) is 0. The van der Waals surface area contributed by atoms with Gasteiger partial charge in [-0.05, 0) is 44.2 Å². The molecule has 1 aliphatic carbocycles. The van der Waals surface area contributed by atoms with Gasteiger partial charge >= 0.3 is 0 Å². The minimum atomic E-state index is 0.0278. The highest BCUT2D eigenvalue weighted by Crippen LogP contribution is 2.38. The van der Waals surface area contributed by atoms with Crippen LogP contribution in [-0.2, 0) is 0 Å². The fraction of sp³-hybridized carbons (Fsp3) is 0.667. The zero-order valence-corrected chi connectivity index (χ0v) is 11.2. The number of nitrogens with zero attached hydrogens (tertiary/aromatic N) is 2. The number of anilines is 1. The van der Waals surface area contributed by atoms with E-state index in [9.17, 15) is 0 Å². The van der Waals surface area contributed by atoms with Crippen LogP contribution in [0.3, 0.4) is 0 Å². The van der Waals surface area contributed by atoms with Gasteiger partial charge in [-0.25, -0.2) is 0 Å². The Kier molecular flexibility index (Phi) is 3.25. The molecule has 0 spiro atoms. The molecule has 3 atom stereocenters. The standard InChI is InChI=1S/C15H23N3/c1-11(16)14-7-6-13(10-17-14)18-9-8-12-4-2-3-5-15(12)18/h6-7,10-12,15H,2-5,8-9,16H2,1H3/t11-,12?,15?/m1/s1. The predicted octanol–water partition coefficient (Wildman–Crippen LogP) is 2.87. The van der Waals surface area contributed by atoms with Gasteiger partial charge < -0.3 is 10.6 Å². The van der Waals surface area contributed by atoms with Crippen molar-refractivity contribution in [2.75, 3.05) is 11.4 Å². The third kappa shape index (κ3) is 2.12. The van der Waals surface area contributed by atoms with E-state index in [1.165, 1.54) is 44.3 Å². The van der Waals surface area contributed by atoms with Gasteiger partial charge in [-0.1, -0.05) is 12.8 Å². The number of fused-ring (bicyclic) bond motifs is 1. The van der Waals surface area contributed by atoms with Gasteiger partial charge in [0.1, 0.15) is 0 Å². The van der Waals surface area contributed by atoms with Crippen molar-refractivity contribution in [2.24, 2.45) is 11.7 Å². The first-order valence-electron chi connectivity index (χ1n) is 7.24. The number of rotatable bonds is 2. The SMILES string of the molecule is C[C@@H](N)c1ccc(N2CCC3CCCCC32)cn1. The largest absolute Gasteiger partial charge is 0.367 e. The molecule has 2 heterocycles. The molecule has 0 bridgehead atoms. The summed E-state index contributed by atoms with van der Waals surface area (Å²) in [5.74, 6) is 0.923. The molecule has 1 saturated carbocycles. The number of hydrogen-bond donors (Lipinski definition) is 1. The van der Waals surface area contributed by atoms with E-state index in [0.29, 0.717) is 0 Å². The van der Waals surface area contributed by atoms with Crippen LogP contribution in [0.25, 0.3) is 0 Å². The van der Waals surface area contributed by atoms with Gasteiger partial charge in [-0.3, -0.25) is 4.98 Å². The fourth-order valence-electron chi connectivity index (χ4n) is 3.56. The minimum Gasteiger partial charge on any atom is -0.367 e. The van der Waals surface area contributed by atoms with Crippen LogP contribution in [0.15, 0.2) is 18.3 Å². The van der Waals surface area contributed by atoms with E-state index in [0.717, 1.165) is 17.7 Å². The van der Waals surface area contributed by atoms with Crippen molar-refractivity contribution in [3.05, 3.63) is 24.0 Å². The smallest absolute Gasteiger partial charge is 0.0569 e. The Morgan fingerprint density at radius 2 is 2.11 bits per heavy atom. The lowest BCUT2D eigenvalue weighted by molar-refractivity contribution is 0.342. The molecule has 98 valence electrons. The van der Waals surface area contributed by atoms with Crippen LogP contribution in [-0.4, -0.2) is 17.6 Å². The molecular formula is C15H23N3. The highest BCUT2D eigenvalue weighted by atomic mass is 15.2. The van der Waals surface area contributed by atoms with Crippen LogP contribution in [0.5, 0.6) is 0 Å². The highest BCUT2D eigenvalue weighted by molar-refractivity contribution is 5.47. The third-order valence-corrected chi connectivity index (χ3v) is 4.58. The number of pyridine rings is 1. The summed E-state index contributed by atoms with van der Waals surface area (Å²) in [4.78, 5) is 7.06. The van der Waals surface area contributed by atoms with Crippen molar-refractivity contribution >= 4 is 5.69 Å². The summed E-state index contributed by atoms with van der Waals surface area (Å²) in [6.45, 7) is 3.18. The summed E-state index contributed by atoms with van der Waals surface area (Å²) >= 11 is 0. The van der Waals surface area contributed by atoms with Crippen LogP contribution < -0.4 is 10.6 Å². The van der Waals surface area contributed by atoms with E-state index in [1.54, 1.807) is 0 Å². The second kappa shape index (κ2) is 4.88. The monoisotopic (exact) mass is 245 g/mol. The molecule has 3 rings (SSSR count). The summed E-state index contributed by atoms with van der Waals surface area (Å²) in [6, 6.07) is 5.07. The predicted molar refractivity (Wildman–Crippen MR) is 74.5 cm³/mol. The second-order valence-electron chi connectivity index (χ2n) is 5.82. The molecule has 18 heavy (non-hydrogen) atoms. The highest BCUT2D eigenvalue weighted by Gasteiger charge is 2.35. The van der Waals surface area contributed by atoms with Gasteiger partial charge in [0.15, 0.2) is 0 Å². The minimum absolute atomic E-state index is 0.0278. The topological polar surface area (TPSA) is 42.1 Å². The number of aromatic nitrogens is 1. The van der Waals surface area contributed by atoms with Crippen molar-refractivity contribution in [1.82, 2.24) is 4.98 Å². The molecule has 2 unspecified atom stereocenters. The Morgan fingerprint density at radius 3 is 2.83 bits per heavy atom. The van der Waals surface area contributed by atoms with Gasteiger partial charge in [0, 0.05) is 18.6 Å². The maximum atomic E-state index is 5.85. The van der Waals surface area contributed by atoms with E-state index in [-0.39, 0.29) is 6.04 Å². The Hall–Kier alpha value is -1.09. The normalized spacial score (nSPS) is 29.1. The first kappa shape index (κ1) is 12.0. The molecule has 0 aromatic carbocycles. The Bertz CT molecular complexity index is 399. The molecule has 0 radical (unpaired) electrons. The van der Waals surface area contributed by atoms with Crippen molar-refractivity contribution < 1.29 is 0 Å². The van der Waals surface area contributed by atoms with Crippen LogP contribution in [0, 0.1) is 5.92 Å². The molecule has 1 saturated heterocycles. The zero-order valence-electron chi connectivity index (χ0n) is 11.2. The molecule has 0 amide bonds. The van der Waals surface area contributed by atoms with Crippen LogP contribution in [0.1, 0.15) is 50.8 Å². The van der Waals surface area contributed by atoms with Crippen LogP contribution >= 0.6 is 0 Å². The molecule has 1 aromatic heterocycles. The number of hydrogen-bond acceptors (Lipinski definition) is 3. The van der Waals surface area contributed by atoms with Crippen molar-refractivity contribution in [1.29, 1.82) is 0 Å². The van der Waals surface area contributed by atoms with Crippen LogP contribution in [0.2, 0.25) is 0 Å². The lowest BCUT2D eigenvalue weighted by Crippen LogP contribution is -2.34. The zero-order chi connectivity index (χ0) is 12.5. The molecule has 3 nitrogen and oxygen atoms in total. The summed E-state index contributed by atoms with van der Waals surface area (Å²) in [6.07, 6.45) is 8.97. The maximum Gasteiger partial charge on any atom is 0.0569 e. The number of nitrogens with two attached hydrogens (primary N) is 1. The average Bonchev–Trinajstić information content (AvgIpc) is 2.82.